The smallest absolute Gasteiger partial charge is 0.316 e. The summed E-state index contributed by atoms with van der Waals surface area (Å²) < 4.78 is 20.5. The van der Waals surface area contributed by atoms with Crippen LogP contribution in [-0.4, -0.2) is 22.4 Å². The third kappa shape index (κ3) is 2.68. The van der Waals surface area contributed by atoms with Crippen molar-refractivity contribution in [2.45, 2.75) is 31.2 Å². The van der Waals surface area contributed by atoms with Crippen molar-refractivity contribution in [2.24, 2.45) is 0 Å². The molecule has 1 saturated carbocycles. The predicted octanol–water partition coefficient (Wildman–Crippen LogP) is 2.69. The number of esters is 1. The summed E-state index contributed by atoms with van der Waals surface area (Å²) in [6.45, 7) is 0.801. The molecule has 0 aliphatic heterocycles. The molecule has 1 fully saturated rings. The molecule has 0 unspecified atom stereocenters. The zero-order valence-electron chi connectivity index (χ0n) is 11.7. The van der Waals surface area contributed by atoms with Crippen LogP contribution in [0.1, 0.15) is 24.8 Å². The summed E-state index contributed by atoms with van der Waals surface area (Å²) in [5.74, 6) is -0.574. The van der Waals surface area contributed by atoms with Crippen molar-refractivity contribution in [3.63, 3.8) is 0 Å². The van der Waals surface area contributed by atoms with Gasteiger partial charge in [0.25, 0.3) is 0 Å². The summed E-state index contributed by atoms with van der Waals surface area (Å²) in [5, 5.41) is 4.05. The van der Waals surface area contributed by atoms with Crippen molar-refractivity contribution in [3.05, 3.63) is 54.1 Å². The largest absolute Gasteiger partial charge is 0.463 e. The lowest BCUT2D eigenvalue weighted by atomic mass is 9.64. The van der Waals surface area contributed by atoms with Gasteiger partial charge in [-0.25, -0.2) is 4.39 Å². The fraction of sp³-hybridized carbons (Fsp3) is 0.375. The monoisotopic (exact) mass is 288 g/mol. The lowest BCUT2D eigenvalue weighted by molar-refractivity contribution is -0.154. The minimum Gasteiger partial charge on any atom is -0.463 e. The molecule has 2 aromatic rings. The number of hydrogen-bond acceptors (Lipinski definition) is 3. The van der Waals surface area contributed by atoms with E-state index in [1.54, 1.807) is 23.0 Å². The van der Waals surface area contributed by atoms with E-state index in [2.05, 4.69) is 5.10 Å². The molecule has 1 aromatic heterocycles. The van der Waals surface area contributed by atoms with Crippen LogP contribution in [0, 0.1) is 5.82 Å². The maximum Gasteiger partial charge on any atom is 0.316 e. The van der Waals surface area contributed by atoms with Crippen LogP contribution in [0.15, 0.2) is 42.7 Å². The van der Waals surface area contributed by atoms with Gasteiger partial charge < -0.3 is 4.74 Å². The molecule has 0 saturated heterocycles. The summed E-state index contributed by atoms with van der Waals surface area (Å²) >= 11 is 0. The Kier molecular flexibility index (Phi) is 3.73. The van der Waals surface area contributed by atoms with Gasteiger partial charge in [0.05, 0.1) is 12.0 Å². The van der Waals surface area contributed by atoms with Crippen molar-refractivity contribution >= 4 is 5.97 Å². The van der Waals surface area contributed by atoms with Gasteiger partial charge in [0.2, 0.25) is 0 Å². The molecule has 0 atom stereocenters. The summed E-state index contributed by atoms with van der Waals surface area (Å²) in [4.78, 5) is 12.4. The Hall–Kier alpha value is -2.17. The normalized spacial score (nSPS) is 16.2. The highest BCUT2D eigenvalue weighted by Gasteiger charge is 2.47. The van der Waals surface area contributed by atoms with E-state index >= 15 is 0 Å². The maximum absolute atomic E-state index is 13.4. The van der Waals surface area contributed by atoms with Gasteiger partial charge >= 0.3 is 5.97 Å². The highest BCUT2D eigenvalue weighted by Crippen LogP contribution is 2.44. The predicted molar refractivity (Wildman–Crippen MR) is 75.1 cm³/mol. The number of hydrogen-bond donors (Lipinski definition) is 0. The van der Waals surface area contributed by atoms with E-state index in [1.807, 2.05) is 12.3 Å². The van der Waals surface area contributed by atoms with Gasteiger partial charge in [-0.05, 0) is 36.6 Å². The van der Waals surface area contributed by atoms with E-state index in [4.69, 9.17) is 4.74 Å². The third-order valence-electron chi connectivity index (χ3n) is 4.09. The van der Waals surface area contributed by atoms with Crippen LogP contribution in [0.25, 0.3) is 0 Å². The Bertz CT molecular complexity index is 621. The molecular weight excluding hydrogens is 271 g/mol. The molecule has 0 spiro atoms. The van der Waals surface area contributed by atoms with Gasteiger partial charge in [-0.2, -0.15) is 5.10 Å². The maximum atomic E-state index is 13.4. The van der Waals surface area contributed by atoms with Gasteiger partial charge in [-0.15, -0.1) is 0 Å². The molecule has 1 aliphatic carbocycles. The average Bonchev–Trinajstić information content (AvgIpc) is 2.91. The third-order valence-corrected chi connectivity index (χ3v) is 4.09. The first-order valence-electron chi connectivity index (χ1n) is 7.11. The standard InChI is InChI=1S/C16H17FN2O2/c17-14-5-1-4-13(12-14)16(6-2-7-16)15(20)21-11-10-19-9-3-8-18-19/h1,3-5,8-9,12H,2,6-7,10-11H2. The van der Waals surface area contributed by atoms with E-state index in [1.165, 1.54) is 12.1 Å². The van der Waals surface area contributed by atoms with Gasteiger partial charge in [-0.3, -0.25) is 9.48 Å². The topological polar surface area (TPSA) is 44.1 Å². The van der Waals surface area contributed by atoms with Crippen molar-refractivity contribution in [1.29, 1.82) is 0 Å². The molecule has 5 heteroatoms. The quantitative estimate of drug-likeness (QED) is 0.795. The number of aromatic nitrogens is 2. The summed E-state index contributed by atoms with van der Waals surface area (Å²) in [6.07, 6.45) is 5.90. The first-order chi connectivity index (χ1) is 10.2. The first-order valence-corrected chi connectivity index (χ1v) is 7.11. The van der Waals surface area contributed by atoms with Gasteiger partial charge in [-0.1, -0.05) is 18.6 Å². The number of carbonyl (C=O) groups is 1. The minimum absolute atomic E-state index is 0.258. The van der Waals surface area contributed by atoms with Crippen molar-refractivity contribution in [2.75, 3.05) is 6.61 Å². The molecule has 1 aliphatic rings. The molecule has 1 heterocycles. The van der Waals surface area contributed by atoms with E-state index in [9.17, 15) is 9.18 Å². The van der Waals surface area contributed by atoms with Crippen molar-refractivity contribution < 1.29 is 13.9 Å². The van der Waals surface area contributed by atoms with Crippen LogP contribution >= 0.6 is 0 Å². The van der Waals surface area contributed by atoms with Crippen LogP contribution in [0.3, 0.4) is 0 Å². The Morgan fingerprint density at radius 2 is 2.24 bits per heavy atom. The Morgan fingerprint density at radius 3 is 2.86 bits per heavy atom. The summed E-state index contributed by atoms with van der Waals surface area (Å²) in [7, 11) is 0. The van der Waals surface area contributed by atoms with E-state index in [0.29, 0.717) is 6.54 Å². The van der Waals surface area contributed by atoms with Gasteiger partial charge in [0.1, 0.15) is 12.4 Å². The Balaban J connectivity index is 1.66. The second-order valence-electron chi connectivity index (χ2n) is 5.35. The first kappa shape index (κ1) is 13.8. The summed E-state index contributed by atoms with van der Waals surface area (Å²) in [6, 6.07) is 8.09. The van der Waals surface area contributed by atoms with Crippen molar-refractivity contribution in [3.8, 4) is 0 Å². The van der Waals surface area contributed by atoms with Crippen LogP contribution in [0.4, 0.5) is 4.39 Å². The SMILES string of the molecule is O=C(OCCn1cccn1)C1(c2cccc(F)c2)CCC1. The molecule has 0 amide bonds. The number of rotatable bonds is 5. The van der Waals surface area contributed by atoms with Crippen molar-refractivity contribution in [1.82, 2.24) is 9.78 Å². The molecule has 0 bridgehead atoms. The molecule has 3 rings (SSSR count). The van der Waals surface area contributed by atoms with Gasteiger partial charge in [0.15, 0.2) is 0 Å². The van der Waals surface area contributed by atoms with E-state index < -0.39 is 5.41 Å². The summed E-state index contributed by atoms with van der Waals surface area (Å²) in [5.41, 5.74) is 0.0597. The highest BCUT2D eigenvalue weighted by molar-refractivity contribution is 5.84. The number of nitrogens with zero attached hydrogens (tertiary/aromatic N) is 2. The number of carbonyl (C=O) groups excluding carboxylic acids is 1. The molecule has 110 valence electrons. The molecule has 21 heavy (non-hydrogen) atoms. The van der Waals surface area contributed by atoms with E-state index in [0.717, 1.165) is 24.8 Å². The fourth-order valence-corrected chi connectivity index (χ4v) is 2.73. The number of benzene rings is 1. The van der Waals surface area contributed by atoms with Crippen LogP contribution in [-0.2, 0) is 21.5 Å². The zero-order valence-corrected chi connectivity index (χ0v) is 11.7. The molecular formula is C16H17FN2O2. The minimum atomic E-state index is -0.660. The average molecular weight is 288 g/mol. The highest BCUT2D eigenvalue weighted by atomic mass is 19.1. The lowest BCUT2D eigenvalue weighted by Gasteiger charge is -2.39. The van der Waals surface area contributed by atoms with E-state index in [-0.39, 0.29) is 18.4 Å². The fourth-order valence-electron chi connectivity index (χ4n) is 2.73. The molecule has 4 nitrogen and oxygen atoms in total. The zero-order chi connectivity index (χ0) is 14.7. The van der Waals surface area contributed by atoms with Crippen LogP contribution in [0.5, 0.6) is 0 Å². The van der Waals surface area contributed by atoms with Gasteiger partial charge in [0, 0.05) is 12.4 Å². The second-order valence-corrected chi connectivity index (χ2v) is 5.35. The lowest BCUT2D eigenvalue weighted by Crippen LogP contribution is -2.44. The number of ether oxygens (including phenoxy) is 1. The molecule has 1 aromatic carbocycles. The molecule has 0 radical (unpaired) electrons. The van der Waals surface area contributed by atoms with Crippen LogP contribution in [0.2, 0.25) is 0 Å². The second kappa shape index (κ2) is 5.68. The Labute approximate surface area is 122 Å². The molecule has 0 N–H and O–H groups in total. The number of halogens is 1. The van der Waals surface area contributed by atoms with Crippen LogP contribution < -0.4 is 0 Å². The Morgan fingerprint density at radius 1 is 1.38 bits per heavy atom.